The molecule has 7 heteroatoms. The molecule has 34 heavy (non-hydrogen) atoms. The second kappa shape index (κ2) is 10.2. The molecule has 7 nitrogen and oxygen atoms in total. The van der Waals surface area contributed by atoms with E-state index >= 15 is 0 Å². The lowest BCUT2D eigenvalue weighted by molar-refractivity contribution is -0.191. The molecule has 1 N–H and O–H groups in total. The monoisotopic (exact) mass is 475 g/mol. The van der Waals surface area contributed by atoms with Gasteiger partial charge in [-0.3, -0.25) is 9.59 Å². The van der Waals surface area contributed by atoms with E-state index in [4.69, 9.17) is 14.2 Å². The largest absolute Gasteiger partial charge is 0.465 e. The Hall–Kier alpha value is -2.15. The van der Waals surface area contributed by atoms with E-state index in [0.29, 0.717) is 18.6 Å². The van der Waals surface area contributed by atoms with Gasteiger partial charge in [-0.05, 0) is 55.4 Å². The highest BCUT2D eigenvalue weighted by Gasteiger charge is 2.60. The quantitative estimate of drug-likeness (QED) is 0.321. The first kappa shape index (κ1) is 26.5. The maximum Gasteiger partial charge on any atom is 0.335 e. The van der Waals surface area contributed by atoms with Gasteiger partial charge < -0.3 is 19.5 Å². The van der Waals surface area contributed by atoms with Crippen LogP contribution in [0, 0.1) is 22.7 Å². The molecule has 3 aliphatic rings. The van der Waals surface area contributed by atoms with E-state index < -0.39 is 5.41 Å². The van der Waals surface area contributed by atoms with Crippen molar-refractivity contribution in [3.8, 4) is 0 Å². The summed E-state index contributed by atoms with van der Waals surface area (Å²) in [7, 11) is 0. The lowest BCUT2D eigenvalue weighted by atomic mass is 9.46. The van der Waals surface area contributed by atoms with Crippen molar-refractivity contribution in [1.29, 1.82) is 0 Å². The Bertz CT molecular complexity index is 863. The second-order valence-corrected chi connectivity index (χ2v) is 11.1. The molecule has 6 atom stereocenters. The van der Waals surface area contributed by atoms with Gasteiger partial charge in [-0.25, -0.2) is 4.79 Å². The topological polar surface area (TPSA) is 90.9 Å². The molecular formula is C27H41NO6. The fourth-order valence-corrected chi connectivity index (χ4v) is 6.83. The van der Waals surface area contributed by atoms with Gasteiger partial charge in [0, 0.05) is 31.3 Å². The highest BCUT2D eigenvalue weighted by molar-refractivity contribution is 5.91. The van der Waals surface area contributed by atoms with Crippen LogP contribution < -0.4 is 5.32 Å². The molecule has 0 aromatic carbocycles. The summed E-state index contributed by atoms with van der Waals surface area (Å²) in [5.41, 5.74) is 1.25. The van der Waals surface area contributed by atoms with Gasteiger partial charge in [0.1, 0.15) is 19.3 Å². The molecule has 2 aliphatic carbocycles. The number of rotatable bonds is 8. The van der Waals surface area contributed by atoms with Crippen LogP contribution in [0.25, 0.3) is 0 Å². The van der Waals surface area contributed by atoms with Crippen LogP contribution in [0.5, 0.6) is 0 Å². The van der Waals surface area contributed by atoms with Crippen molar-refractivity contribution >= 4 is 17.9 Å². The molecular weight excluding hydrogens is 434 g/mol. The van der Waals surface area contributed by atoms with E-state index in [1.165, 1.54) is 19.4 Å². The molecule has 0 unspecified atom stereocenters. The Morgan fingerprint density at radius 1 is 1.24 bits per heavy atom. The Kier molecular flexibility index (Phi) is 7.96. The highest BCUT2D eigenvalue weighted by atomic mass is 16.6. The number of nitrogens with one attached hydrogen (secondary N) is 1. The average molecular weight is 476 g/mol. The molecule has 0 saturated heterocycles. The summed E-state index contributed by atoms with van der Waals surface area (Å²) in [5.74, 6) is -0.574. The number of hydrogen-bond acceptors (Lipinski definition) is 7. The van der Waals surface area contributed by atoms with Crippen LogP contribution in [-0.2, 0) is 28.6 Å². The SMILES string of the molecule is C=C1CC[C@@H]2[C@](C)(COC(C)=O)[C@H](OC(C)=O)CC[C@@]2(C)[C@@H]1C[C@@H](NC(C)C)C1=CCOC1=O. The number of ether oxygens (including phenoxy) is 3. The Morgan fingerprint density at radius 2 is 1.94 bits per heavy atom. The van der Waals surface area contributed by atoms with Gasteiger partial charge >= 0.3 is 17.9 Å². The first-order chi connectivity index (χ1) is 15.9. The molecule has 0 aromatic heterocycles. The van der Waals surface area contributed by atoms with Crippen molar-refractivity contribution in [2.24, 2.45) is 22.7 Å². The first-order valence-electron chi connectivity index (χ1n) is 12.5. The molecule has 3 rings (SSSR count). The Balaban J connectivity index is 1.95. The maximum absolute atomic E-state index is 12.4. The number of hydrogen-bond donors (Lipinski definition) is 1. The fraction of sp³-hybridized carbons (Fsp3) is 0.741. The van der Waals surface area contributed by atoms with Crippen LogP contribution in [0.2, 0.25) is 0 Å². The molecule has 190 valence electrons. The van der Waals surface area contributed by atoms with E-state index in [-0.39, 0.29) is 60.0 Å². The summed E-state index contributed by atoms with van der Waals surface area (Å²) in [6.07, 6.45) is 5.63. The van der Waals surface area contributed by atoms with Crippen molar-refractivity contribution in [2.75, 3.05) is 13.2 Å². The van der Waals surface area contributed by atoms with Gasteiger partial charge in [0.05, 0.1) is 5.57 Å². The van der Waals surface area contributed by atoms with Crippen molar-refractivity contribution in [3.63, 3.8) is 0 Å². The normalized spacial score (nSPS) is 34.2. The fourth-order valence-electron chi connectivity index (χ4n) is 6.83. The summed E-state index contributed by atoms with van der Waals surface area (Å²) >= 11 is 0. The summed E-state index contributed by atoms with van der Waals surface area (Å²) in [4.78, 5) is 36.1. The number of carbonyl (C=O) groups excluding carboxylic acids is 3. The number of cyclic esters (lactones) is 1. The summed E-state index contributed by atoms with van der Waals surface area (Å²) < 4.78 is 16.6. The molecule has 0 radical (unpaired) electrons. The molecule has 2 saturated carbocycles. The number of fused-ring (bicyclic) bond motifs is 1. The third kappa shape index (κ3) is 5.24. The minimum Gasteiger partial charge on any atom is -0.465 e. The summed E-state index contributed by atoms with van der Waals surface area (Å²) in [5, 5.41) is 3.58. The third-order valence-corrected chi connectivity index (χ3v) is 8.35. The minimum absolute atomic E-state index is 0.127. The van der Waals surface area contributed by atoms with E-state index in [1.54, 1.807) is 0 Å². The maximum atomic E-state index is 12.4. The van der Waals surface area contributed by atoms with Crippen LogP contribution in [0.15, 0.2) is 23.8 Å². The minimum atomic E-state index is -0.504. The van der Waals surface area contributed by atoms with E-state index in [0.717, 1.165) is 25.7 Å². The van der Waals surface area contributed by atoms with Gasteiger partial charge in [-0.15, -0.1) is 0 Å². The Morgan fingerprint density at radius 3 is 2.50 bits per heavy atom. The van der Waals surface area contributed by atoms with Gasteiger partial charge in [0.2, 0.25) is 0 Å². The molecule has 0 aromatic rings. The van der Waals surface area contributed by atoms with Crippen molar-refractivity contribution < 1.29 is 28.6 Å². The van der Waals surface area contributed by atoms with Crippen LogP contribution in [0.4, 0.5) is 0 Å². The number of esters is 3. The molecule has 0 amide bonds. The van der Waals surface area contributed by atoms with E-state index in [2.05, 4.69) is 39.6 Å². The highest BCUT2D eigenvalue weighted by Crippen LogP contribution is 2.62. The first-order valence-corrected chi connectivity index (χ1v) is 12.5. The zero-order chi connectivity index (χ0) is 25.3. The van der Waals surface area contributed by atoms with Crippen molar-refractivity contribution in [1.82, 2.24) is 5.32 Å². The summed E-state index contributed by atoms with van der Waals surface area (Å²) in [6, 6.07) is 0.0759. The predicted molar refractivity (Wildman–Crippen MR) is 129 cm³/mol. The average Bonchev–Trinajstić information content (AvgIpc) is 3.16. The smallest absolute Gasteiger partial charge is 0.335 e. The zero-order valence-electron chi connectivity index (χ0n) is 21.6. The lowest BCUT2D eigenvalue weighted by Crippen LogP contribution is -2.59. The van der Waals surface area contributed by atoms with Crippen LogP contribution in [-0.4, -0.2) is 49.3 Å². The molecule has 0 bridgehead atoms. The predicted octanol–water partition coefficient (Wildman–Crippen LogP) is 4.11. The van der Waals surface area contributed by atoms with Gasteiger partial charge in [0.25, 0.3) is 0 Å². The third-order valence-electron chi connectivity index (χ3n) is 8.35. The lowest BCUT2D eigenvalue weighted by Gasteiger charge is -2.60. The van der Waals surface area contributed by atoms with Crippen LogP contribution in [0.1, 0.15) is 73.6 Å². The van der Waals surface area contributed by atoms with Gasteiger partial charge in [-0.1, -0.05) is 39.8 Å². The zero-order valence-corrected chi connectivity index (χ0v) is 21.6. The number of carbonyl (C=O) groups is 3. The number of allylic oxidation sites excluding steroid dienone is 1. The van der Waals surface area contributed by atoms with Crippen LogP contribution >= 0.6 is 0 Å². The van der Waals surface area contributed by atoms with Gasteiger partial charge in [0.15, 0.2) is 0 Å². The van der Waals surface area contributed by atoms with Crippen LogP contribution in [0.3, 0.4) is 0 Å². The standard InChI is InChI=1S/C27H41NO6/c1-16(2)28-22(20-11-13-32-25(20)31)14-21-17(3)8-9-23-26(21,6)12-10-24(34-19(5)30)27(23,7)15-33-18(4)29/h11,16,21-24,28H,3,8-10,12-15H2,1-2,4-7H3/t21-,22-,23+,24-,26+,27+/m1/s1. The summed E-state index contributed by atoms with van der Waals surface area (Å²) in [6.45, 7) is 16.4. The van der Waals surface area contributed by atoms with E-state index in [1.807, 2.05) is 6.08 Å². The molecule has 2 fully saturated rings. The van der Waals surface area contributed by atoms with Crippen molar-refractivity contribution in [3.05, 3.63) is 23.8 Å². The second-order valence-electron chi connectivity index (χ2n) is 11.1. The molecule has 1 aliphatic heterocycles. The molecule has 0 spiro atoms. The van der Waals surface area contributed by atoms with Crippen molar-refractivity contribution in [2.45, 2.75) is 91.8 Å². The van der Waals surface area contributed by atoms with Gasteiger partial charge in [-0.2, -0.15) is 0 Å². The van der Waals surface area contributed by atoms with E-state index in [9.17, 15) is 14.4 Å². The Labute approximate surface area is 203 Å². The molecule has 1 heterocycles.